The van der Waals surface area contributed by atoms with Crippen LogP contribution in [0.1, 0.15) is 81.4 Å². The van der Waals surface area contributed by atoms with E-state index in [4.69, 9.17) is 11.6 Å². The maximum atomic E-state index is 11.2. The van der Waals surface area contributed by atoms with Gasteiger partial charge in [-0.2, -0.15) is 0 Å². The number of hydrogen-bond donors (Lipinski definition) is 2. The third-order valence-electron chi connectivity index (χ3n) is 5.87. The number of allylic oxidation sites excluding steroid dienone is 2. The van der Waals surface area contributed by atoms with Crippen molar-refractivity contribution in [3.05, 3.63) is 47.5 Å². The molecule has 29 heavy (non-hydrogen) atoms. The second-order valence-electron chi connectivity index (χ2n) is 8.01. The molecule has 0 amide bonds. The highest BCUT2D eigenvalue weighted by atomic mass is 35.5. The first kappa shape index (κ1) is 23.9. The monoisotopic (exact) mass is 422 g/mol. The maximum Gasteiger partial charge on any atom is 0.305 e. The molecule has 2 rings (SSSR count). The molecule has 0 saturated heterocycles. The lowest BCUT2D eigenvalue weighted by Crippen LogP contribution is -2.18. The molecule has 1 aliphatic rings. The smallest absolute Gasteiger partial charge is 0.305 e. The number of esters is 1. The van der Waals surface area contributed by atoms with E-state index in [1.54, 1.807) is 0 Å². The Balaban J connectivity index is 2.01. The summed E-state index contributed by atoms with van der Waals surface area (Å²) in [5, 5.41) is 21.0. The molecule has 0 radical (unpaired) electrons. The minimum atomic E-state index is -0.474. The first-order chi connectivity index (χ1) is 14.0. The van der Waals surface area contributed by atoms with Gasteiger partial charge >= 0.3 is 5.97 Å². The van der Waals surface area contributed by atoms with E-state index in [2.05, 4.69) is 23.8 Å². The Morgan fingerprint density at radius 2 is 2.14 bits per heavy atom. The zero-order chi connectivity index (χ0) is 21.2. The van der Waals surface area contributed by atoms with Crippen molar-refractivity contribution < 1.29 is 19.7 Å². The molecular formula is C24H35ClO4. The van der Waals surface area contributed by atoms with Crippen LogP contribution in [0.2, 0.25) is 0 Å². The molecule has 4 nitrogen and oxygen atoms in total. The fraction of sp³-hybridized carbons (Fsp3) is 0.625. The Morgan fingerprint density at radius 3 is 2.86 bits per heavy atom. The summed E-state index contributed by atoms with van der Waals surface area (Å²) in [6.07, 6.45) is 9.44. The number of carbonyl (C=O) groups excluding carboxylic acids is 1. The SMILES string of the molecule is CCCCC(O)c1cccc([C@@H]2[C@@H](C/C=C\CCCC(=O)OC)[C@@H](Cl)C[C@H]2O)c1. The van der Waals surface area contributed by atoms with Crippen molar-refractivity contribution in [3.8, 4) is 0 Å². The van der Waals surface area contributed by atoms with Crippen LogP contribution in [0.3, 0.4) is 0 Å². The molecule has 1 aromatic rings. The Morgan fingerprint density at radius 1 is 1.34 bits per heavy atom. The average molecular weight is 423 g/mol. The van der Waals surface area contributed by atoms with E-state index in [9.17, 15) is 15.0 Å². The van der Waals surface area contributed by atoms with Crippen molar-refractivity contribution in [2.45, 2.75) is 81.8 Å². The van der Waals surface area contributed by atoms with E-state index in [1.165, 1.54) is 7.11 Å². The van der Waals surface area contributed by atoms with Gasteiger partial charge < -0.3 is 14.9 Å². The van der Waals surface area contributed by atoms with Gasteiger partial charge in [0.2, 0.25) is 0 Å². The number of methoxy groups -OCH3 is 1. The third kappa shape index (κ3) is 7.13. The van der Waals surface area contributed by atoms with E-state index in [-0.39, 0.29) is 23.2 Å². The van der Waals surface area contributed by atoms with Gasteiger partial charge in [-0.05, 0) is 49.1 Å². The van der Waals surface area contributed by atoms with Gasteiger partial charge in [0, 0.05) is 17.7 Å². The van der Waals surface area contributed by atoms with Crippen LogP contribution in [0.4, 0.5) is 0 Å². The lowest BCUT2D eigenvalue weighted by Gasteiger charge is -2.24. The Labute approximate surface area is 179 Å². The van der Waals surface area contributed by atoms with Crippen LogP contribution in [0.25, 0.3) is 0 Å². The number of ether oxygens (including phenoxy) is 1. The zero-order valence-corrected chi connectivity index (χ0v) is 18.4. The summed E-state index contributed by atoms with van der Waals surface area (Å²) < 4.78 is 4.65. The van der Waals surface area contributed by atoms with Crippen molar-refractivity contribution in [1.82, 2.24) is 0 Å². The average Bonchev–Trinajstić information content (AvgIpc) is 3.01. The minimum Gasteiger partial charge on any atom is -0.469 e. The van der Waals surface area contributed by atoms with E-state index < -0.39 is 12.2 Å². The van der Waals surface area contributed by atoms with Crippen LogP contribution in [-0.4, -0.2) is 34.8 Å². The molecule has 0 heterocycles. The second kappa shape index (κ2) is 12.4. The quantitative estimate of drug-likeness (QED) is 0.220. The zero-order valence-electron chi connectivity index (χ0n) is 17.6. The number of alkyl halides is 1. The summed E-state index contributed by atoms with van der Waals surface area (Å²) in [5.74, 6) is -0.0682. The van der Waals surface area contributed by atoms with E-state index in [0.29, 0.717) is 12.8 Å². The van der Waals surface area contributed by atoms with E-state index in [0.717, 1.165) is 49.7 Å². The highest BCUT2D eigenvalue weighted by molar-refractivity contribution is 6.21. The van der Waals surface area contributed by atoms with Crippen molar-refractivity contribution in [3.63, 3.8) is 0 Å². The summed E-state index contributed by atoms with van der Waals surface area (Å²) in [4.78, 5) is 11.2. The molecule has 0 bridgehead atoms. The minimum absolute atomic E-state index is 0.0319. The van der Waals surface area contributed by atoms with Gasteiger partial charge in [0.15, 0.2) is 0 Å². The molecule has 5 atom stereocenters. The molecule has 1 saturated carbocycles. The Bertz CT molecular complexity index is 660. The number of carbonyl (C=O) groups is 1. The van der Waals surface area contributed by atoms with Gasteiger partial charge in [0.1, 0.15) is 0 Å². The van der Waals surface area contributed by atoms with Crippen LogP contribution in [0.15, 0.2) is 36.4 Å². The van der Waals surface area contributed by atoms with Gasteiger partial charge in [0.05, 0.1) is 19.3 Å². The summed E-state index contributed by atoms with van der Waals surface area (Å²) in [5.41, 5.74) is 1.97. The largest absolute Gasteiger partial charge is 0.469 e. The lowest BCUT2D eigenvalue weighted by atomic mass is 9.84. The van der Waals surface area contributed by atoms with Gasteiger partial charge in [-0.25, -0.2) is 0 Å². The molecule has 1 fully saturated rings. The predicted octanol–water partition coefficient (Wildman–Crippen LogP) is 5.27. The highest BCUT2D eigenvalue weighted by Gasteiger charge is 2.41. The Hall–Kier alpha value is -1.36. The second-order valence-corrected chi connectivity index (χ2v) is 8.57. The normalized spacial score (nSPS) is 25.4. The van der Waals surface area contributed by atoms with Crippen molar-refractivity contribution in [1.29, 1.82) is 0 Å². The lowest BCUT2D eigenvalue weighted by molar-refractivity contribution is -0.140. The summed E-state index contributed by atoms with van der Waals surface area (Å²) >= 11 is 6.58. The van der Waals surface area contributed by atoms with Crippen LogP contribution < -0.4 is 0 Å². The van der Waals surface area contributed by atoms with Crippen molar-refractivity contribution in [2.75, 3.05) is 7.11 Å². The summed E-state index contributed by atoms with van der Waals surface area (Å²) in [6.45, 7) is 2.12. The molecule has 5 heteroatoms. The number of hydrogen-bond acceptors (Lipinski definition) is 4. The molecule has 1 aliphatic carbocycles. The molecule has 162 valence electrons. The van der Waals surface area contributed by atoms with Gasteiger partial charge in [-0.3, -0.25) is 4.79 Å². The first-order valence-electron chi connectivity index (χ1n) is 10.8. The standard InChI is InChI=1S/C24H35ClO4/c1-3-4-13-21(26)17-10-9-11-18(15-17)24-19(20(25)16-22(24)27)12-7-5-6-8-14-23(28)29-2/h5,7,9-11,15,19-22,24,26-27H,3-4,6,8,12-14,16H2,1-2H3/b7-5-/t19-,20-,21?,22+,24+/m0/s1. The number of benzene rings is 1. The van der Waals surface area contributed by atoms with Crippen LogP contribution in [0, 0.1) is 5.92 Å². The molecule has 1 unspecified atom stereocenters. The van der Waals surface area contributed by atoms with Crippen LogP contribution >= 0.6 is 11.6 Å². The fourth-order valence-electron chi connectivity index (χ4n) is 4.20. The van der Waals surface area contributed by atoms with Gasteiger partial charge in [-0.15, -0.1) is 11.6 Å². The molecule has 0 spiro atoms. The highest BCUT2D eigenvalue weighted by Crippen LogP contribution is 2.45. The van der Waals surface area contributed by atoms with Gasteiger partial charge in [-0.1, -0.05) is 56.2 Å². The summed E-state index contributed by atoms with van der Waals surface area (Å²) in [7, 11) is 1.40. The summed E-state index contributed by atoms with van der Waals surface area (Å²) in [6, 6.07) is 8.00. The first-order valence-corrected chi connectivity index (χ1v) is 11.2. The molecular weight excluding hydrogens is 388 g/mol. The number of rotatable bonds is 11. The molecule has 1 aromatic carbocycles. The predicted molar refractivity (Wildman–Crippen MR) is 117 cm³/mol. The number of aliphatic hydroxyl groups excluding tert-OH is 2. The number of halogens is 1. The molecule has 0 aliphatic heterocycles. The number of unbranched alkanes of at least 4 members (excludes halogenated alkanes) is 2. The van der Waals surface area contributed by atoms with Crippen molar-refractivity contribution in [2.24, 2.45) is 5.92 Å². The van der Waals surface area contributed by atoms with E-state index in [1.807, 2.05) is 24.3 Å². The maximum absolute atomic E-state index is 11.2. The topological polar surface area (TPSA) is 66.8 Å². The number of aliphatic hydroxyl groups is 2. The van der Waals surface area contributed by atoms with Gasteiger partial charge in [0.25, 0.3) is 0 Å². The van der Waals surface area contributed by atoms with E-state index >= 15 is 0 Å². The third-order valence-corrected chi connectivity index (χ3v) is 6.37. The molecule has 0 aromatic heterocycles. The van der Waals surface area contributed by atoms with Crippen LogP contribution in [-0.2, 0) is 9.53 Å². The molecule has 2 N–H and O–H groups in total. The van der Waals surface area contributed by atoms with Crippen molar-refractivity contribution >= 4 is 17.6 Å². The fourth-order valence-corrected chi connectivity index (χ4v) is 4.64. The Kier molecular flexibility index (Phi) is 10.2. The van der Waals surface area contributed by atoms with Crippen LogP contribution in [0.5, 0.6) is 0 Å².